The average molecular weight is 232 g/mol. The predicted molar refractivity (Wildman–Crippen MR) is 69.9 cm³/mol. The maximum absolute atomic E-state index is 6.18. The highest BCUT2D eigenvalue weighted by atomic mass is 16.5. The van der Waals surface area contributed by atoms with Crippen LogP contribution in [0, 0.1) is 0 Å². The molecule has 2 aliphatic rings. The summed E-state index contributed by atoms with van der Waals surface area (Å²) in [5.74, 6) is 1.11. The fourth-order valence-electron chi connectivity index (χ4n) is 2.77. The van der Waals surface area contributed by atoms with Crippen LogP contribution in [0.2, 0.25) is 0 Å². The van der Waals surface area contributed by atoms with Crippen molar-refractivity contribution in [3.8, 4) is 5.75 Å². The molecule has 92 valence electrons. The molecular formula is C14H20N2O. The first kappa shape index (κ1) is 10.9. The van der Waals surface area contributed by atoms with Gasteiger partial charge in [0, 0.05) is 24.8 Å². The van der Waals surface area contributed by atoms with Gasteiger partial charge in [0.25, 0.3) is 0 Å². The molecule has 0 atom stereocenters. The molecule has 0 unspecified atom stereocenters. The smallest absolute Gasteiger partial charge is 0.125 e. The summed E-state index contributed by atoms with van der Waals surface area (Å²) >= 11 is 0. The zero-order valence-corrected chi connectivity index (χ0v) is 10.4. The van der Waals surface area contributed by atoms with E-state index in [1.807, 2.05) is 0 Å². The third kappa shape index (κ3) is 2.12. The van der Waals surface area contributed by atoms with E-state index in [0.717, 1.165) is 44.6 Å². The van der Waals surface area contributed by atoms with Crippen LogP contribution < -0.4 is 15.0 Å². The number of ether oxygens (including phenoxy) is 1. The molecule has 17 heavy (non-hydrogen) atoms. The van der Waals surface area contributed by atoms with Gasteiger partial charge in [0.2, 0.25) is 0 Å². The number of piperidine rings is 1. The second-order valence-corrected chi connectivity index (χ2v) is 4.99. The standard InChI is InChI=1S/C14H20N2O/c1-16-10-7-12-13(16)3-2-4-14(12)17-11-5-8-15-9-6-11/h2-4,11,15H,5-10H2,1H3. The normalized spacial score (nSPS) is 20.4. The van der Waals surface area contributed by atoms with Gasteiger partial charge in [-0.1, -0.05) is 6.07 Å². The molecule has 3 heteroatoms. The highest BCUT2D eigenvalue weighted by Crippen LogP contribution is 2.35. The molecule has 1 aromatic rings. The molecule has 0 bridgehead atoms. The highest BCUT2D eigenvalue weighted by Gasteiger charge is 2.22. The average Bonchev–Trinajstić information content (AvgIpc) is 2.74. The van der Waals surface area contributed by atoms with Gasteiger partial charge in [0.05, 0.1) is 0 Å². The summed E-state index contributed by atoms with van der Waals surface area (Å²) in [6.07, 6.45) is 3.76. The largest absolute Gasteiger partial charge is 0.490 e. The molecule has 1 saturated heterocycles. The lowest BCUT2D eigenvalue weighted by atomic mass is 10.1. The second kappa shape index (κ2) is 4.57. The Morgan fingerprint density at radius 2 is 2.12 bits per heavy atom. The molecule has 2 heterocycles. The Bertz CT molecular complexity index is 399. The molecule has 0 spiro atoms. The van der Waals surface area contributed by atoms with E-state index >= 15 is 0 Å². The first-order chi connectivity index (χ1) is 8.34. The van der Waals surface area contributed by atoms with Crippen LogP contribution in [0.25, 0.3) is 0 Å². The van der Waals surface area contributed by atoms with Crippen LogP contribution in [0.3, 0.4) is 0 Å². The number of hydrogen-bond acceptors (Lipinski definition) is 3. The second-order valence-electron chi connectivity index (χ2n) is 4.99. The minimum Gasteiger partial charge on any atom is -0.490 e. The van der Waals surface area contributed by atoms with E-state index in [4.69, 9.17) is 4.74 Å². The summed E-state index contributed by atoms with van der Waals surface area (Å²) in [7, 11) is 2.15. The van der Waals surface area contributed by atoms with Crippen molar-refractivity contribution in [2.45, 2.75) is 25.4 Å². The van der Waals surface area contributed by atoms with Crippen molar-refractivity contribution >= 4 is 5.69 Å². The van der Waals surface area contributed by atoms with Crippen molar-refractivity contribution in [3.63, 3.8) is 0 Å². The van der Waals surface area contributed by atoms with Crippen molar-refractivity contribution in [1.29, 1.82) is 0 Å². The van der Waals surface area contributed by atoms with E-state index in [1.54, 1.807) is 0 Å². The van der Waals surface area contributed by atoms with Gasteiger partial charge >= 0.3 is 0 Å². The Morgan fingerprint density at radius 1 is 1.29 bits per heavy atom. The van der Waals surface area contributed by atoms with Crippen molar-refractivity contribution in [1.82, 2.24) is 5.32 Å². The van der Waals surface area contributed by atoms with Crippen LogP contribution in [0.15, 0.2) is 18.2 Å². The number of fused-ring (bicyclic) bond motifs is 1. The summed E-state index contributed by atoms with van der Waals surface area (Å²) in [4.78, 5) is 2.31. The van der Waals surface area contributed by atoms with Crippen LogP contribution in [0.1, 0.15) is 18.4 Å². The van der Waals surface area contributed by atoms with Gasteiger partial charge in [0.1, 0.15) is 11.9 Å². The number of likely N-dealkylation sites (N-methyl/N-ethyl adjacent to an activating group) is 1. The summed E-state index contributed by atoms with van der Waals surface area (Å²) in [6.45, 7) is 3.28. The van der Waals surface area contributed by atoms with Crippen LogP contribution in [-0.4, -0.2) is 32.8 Å². The zero-order valence-electron chi connectivity index (χ0n) is 10.4. The summed E-state index contributed by atoms with van der Waals surface area (Å²) < 4.78 is 6.18. The third-order valence-electron chi connectivity index (χ3n) is 3.80. The Kier molecular flexibility index (Phi) is 2.93. The molecule has 2 aliphatic heterocycles. The highest BCUT2D eigenvalue weighted by molar-refractivity contribution is 5.62. The van der Waals surface area contributed by atoms with Gasteiger partial charge < -0.3 is 15.0 Å². The van der Waals surface area contributed by atoms with Crippen LogP contribution in [0.5, 0.6) is 5.75 Å². The van der Waals surface area contributed by atoms with Crippen LogP contribution >= 0.6 is 0 Å². The lowest BCUT2D eigenvalue weighted by Crippen LogP contribution is -2.34. The molecule has 1 fully saturated rings. The molecule has 0 radical (unpaired) electrons. The Hall–Kier alpha value is -1.22. The Morgan fingerprint density at radius 3 is 2.94 bits per heavy atom. The summed E-state index contributed by atoms with van der Waals surface area (Å²) in [5, 5.41) is 3.37. The quantitative estimate of drug-likeness (QED) is 0.841. The first-order valence-corrected chi connectivity index (χ1v) is 6.55. The number of nitrogens with zero attached hydrogens (tertiary/aromatic N) is 1. The fraction of sp³-hybridized carbons (Fsp3) is 0.571. The summed E-state index contributed by atoms with van der Waals surface area (Å²) in [6, 6.07) is 6.43. The van der Waals surface area contributed by atoms with Gasteiger partial charge in [-0.05, 0) is 44.5 Å². The molecule has 0 aliphatic carbocycles. The van der Waals surface area contributed by atoms with E-state index in [1.165, 1.54) is 11.3 Å². The molecular weight excluding hydrogens is 212 g/mol. The maximum atomic E-state index is 6.18. The summed E-state index contributed by atoms with van der Waals surface area (Å²) in [5.41, 5.74) is 2.74. The van der Waals surface area contributed by atoms with Gasteiger partial charge in [-0.25, -0.2) is 0 Å². The van der Waals surface area contributed by atoms with E-state index in [0.29, 0.717) is 6.10 Å². The fourth-order valence-corrected chi connectivity index (χ4v) is 2.77. The lowest BCUT2D eigenvalue weighted by Gasteiger charge is -2.25. The monoisotopic (exact) mass is 232 g/mol. The minimum absolute atomic E-state index is 0.397. The first-order valence-electron chi connectivity index (χ1n) is 6.55. The van der Waals surface area contributed by atoms with Crippen molar-refractivity contribution in [3.05, 3.63) is 23.8 Å². The van der Waals surface area contributed by atoms with Crippen molar-refractivity contribution in [2.75, 3.05) is 31.6 Å². The number of rotatable bonds is 2. The van der Waals surface area contributed by atoms with Gasteiger partial charge in [-0.3, -0.25) is 0 Å². The topological polar surface area (TPSA) is 24.5 Å². The minimum atomic E-state index is 0.397. The Balaban J connectivity index is 1.79. The lowest BCUT2D eigenvalue weighted by molar-refractivity contribution is 0.161. The molecule has 0 saturated carbocycles. The van der Waals surface area contributed by atoms with Crippen molar-refractivity contribution in [2.24, 2.45) is 0 Å². The Labute approximate surface area is 103 Å². The zero-order chi connectivity index (χ0) is 11.7. The van der Waals surface area contributed by atoms with E-state index in [2.05, 4.69) is 35.5 Å². The maximum Gasteiger partial charge on any atom is 0.125 e. The number of anilines is 1. The number of nitrogens with one attached hydrogen (secondary N) is 1. The number of benzene rings is 1. The predicted octanol–water partition coefficient (Wildman–Crippen LogP) is 1.81. The SMILES string of the molecule is CN1CCc2c(OC3CCNCC3)cccc21. The van der Waals surface area contributed by atoms with E-state index < -0.39 is 0 Å². The molecule has 1 N–H and O–H groups in total. The molecule has 0 aromatic heterocycles. The molecule has 3 nitrogen and oxygen atoms in total. The van der Waals surface area contributed by atoms with Crippen molar-refractivity contribution < 1.29 is 4.74 Å². The van der Waals surface area contributed by atoms with E-state index in [9.17, 15) is 0 Å². The molecule has 3 rings (SSSR count). The van der Waals surface area contributed by atoms with Crippen LogP contribution in [-0.2, 0) is 6.42 Å². The third-order valence-corrected chi connectivity index (χ3v) is 3.80. The van der Waals surface area contributed by atoms with Gasteiger partial charge in [-0.15, -0.1) is 0 Å². The van der Waals surface area contributed by atoms with E-state index in [-0.39, 0.29) is 0 Å². The van der Waals surface area contributed by atoms with Gasteiger partial charge in [-0.2, -0.15) is 0 Å². The molecule has 0 amide bonds. The van der Waals surface area contributed by atoms with Crippen LogP contribution in [0.4, 0.5) is 5.69 Å². The number of hydrogen-bond donors (Lipinski definition) is 1. The van der Waals surface area contributed by atoms with Gasteiger partial charge in [0.15, 0.2) is 0 Å². The molecule has 1 aromatic carbocycles.